The fourth-order valence-corrected chi connectivity index (χ4v) is 3.74. The van der Waals surface area contributed by atoms with E-state index in [1.54, 1.807) is 6.20 Å². The zero-order valence-corrected chi connectivity index (χ0v) is 16.1. The Bertz CT molecular complexity index is 442. The van der Waals surface area contributed by atoms with Crippen LogP contribution >= 0.6 is 0 Å². The number of halogens is 3. The molecule has 0 fully saturated rings. The molecule has 0 aliphatic rings. The minimum Gasteiger partial charge on any atom is -0.349 e. The van der Waals surface area contributed by atoms with E-state index < -0.39 is 17.5 Å². The Hall–Kier alpha value is -1.00. The highest BCUT2D eigenvalue weighted by Crippen LogP contribution is 2.48. The third kappa shape index (κ3) is 7.83. The molecule has 1 heterocycles. The van der Waals surface area contributed by atoms with Crippen molar-refractivity contribution in [3.63, 3.8) is 0 Å². The van der Waals surface area contributed by atoms with Crippen LogP contribution in [0.15, 0.2) is 12.4 Å². The van der Waals surface area contributed by atoms with Crippen molar-refractivity contribution in [2.75, 3.05) is 0 Å². The highest BCUT2D eigenvalue weighted by molar-refractivity contribution is 4.96. The molecule has 0 bridgehead atoms. The summed E-state index contributed by atoms with van der Waals surface area (Å²) in [6, 6.07) is 0. The molecule has 0 aromatic carbocycles. The van der Waals surface area contributed by atoms with Crippen molar-refractivity contribution in [2.24, 2.45) is 11.3 Å². The average Bonchev–Trinajstić information content (AvgIpc) is 3.05. The van der Waals surface area contributed by atoms with Gasteiger partial charge in [0, 0.05) is 18.8 Å². The van der Waals surface area contributed by atoms with Crippen LogP contribution in [0.5, 0.6) is 0 Å². The summed E-state index contributed by atoms with van der Waals surface area (Å²) in [6.07, 6.45) is 8.41. The molecule has 2 atom stereocenters. The van der Waals surface area contributed by atoms with Crippen LogP contribution in [0.1, 0.15) is 90.8 Å². The fraction of sp³-hybridized carbons (Fsp3) is 0.850. The van der Waals surface area contributed by atoms with Crippen molar-refractivity contribution in [3.05, 3.63) is 18.2 Å². The second-order valence-corrected chi connectivity index (χ2v) is 7.61. The smallest absolute Gasteiger partial charge is 0.349 e. The van der Waals surface area contributed by atoms with Crippen molar-refractivity contribution < 1.29 is 13.2 Å². The van der Waals surface area contributed by atoms with Crippen molar-refractivity contribution in [1.82, 2.24) is 9.97 Å². The Morgan fingerprint density at radius 2 is 1.52 bits per heavy atom. The van der Waals surface area contributed by atoms with Crippen molar-refractivity contribution >= 4 is 0 Å². The molecule has 0 amide bonds. The van der Waals surface area contributed by atoms with E-state index in [1.165, 1.54) is 12.6 Å². The van der Waals surface area contributed by atoms with Gasteiger partial charge in [-0.15, -0.1) is 0 Å². The number of H-pyrrole nitrogens is 1. The van der Waals surface area contributed by atoms with E-state index in [4.69, 9.17) is 0 Å². The number of nitrogens with one attached hydrogen (secondary N) is 1. The van der Waals surface area contributed by atoms with Gasteiger partial charge in [0.25, 0.3) is 0 Å². The van der Waals surface area contributed by atoms with Crippen LogP contribution in [0.3, 0.4) is 0 Å². The molecule has 5 heteroatoms. The maximum atomic E-state index is 13.9. The average molecular weight is 361 g/mol. The van der Waals surface area contributed by atoms with Crippen LogP contribution < -0.4 is 0 Å². The molecule has 1 N–H and O–H groups in total. The number of unbranched alkanes of at least 4 members (excludes halogenated alkanes) is 6. The molecule has 25 heavy (non-hydrogen) atoms. The molecule has 0 saturated carbocycles. The number of imidazole rings is 1. The van der Waals surface area contributed by atoms with Crippen LogP contribution in [-0.4, -0.2) is 16.1 Å². The fourth-order valence-electron chi connectivity index (χ4n) is 3.74. The lowest BCUT2D eigenvalue weighted by atomic mass is 9.68. The van der Waals surface area contributed by atoms with E-state index in [0.29, 0.717) is 18.7 Å². The van der Waals surface area contributed by atoms with Gasteiger partial charge in [0.2, 0.25) is 0 Å². The van der Waals surface area contributed by atoms with Crippen LogP contribution in [0, 0.1) is 11.3 Å². The molecule has 146 valence electrons. The standard InChI is InChI=1S/C20H35F3N2/c1-4-6-8-9-11-13-19(3,12-10-7-5-2)17(20(21,22)23)16-18-24-14-15-25-18/h14-15,17H,4-13,16H2,1-3H3,(H,24,25). The van der Waals surface area contributed by atoms with E-state index >= 15 is 0 Å². The lowest BCUT2D eigenvalue weighted by molar-refractivity contribution is -0.208. The van der Waals surface area contributed by atoms with Crippen LogP contribution in [0.25, 0.3) is 0 Å². The normalized spacial score (nSPS) is 15.9. The van der Waals surface area contributed by atoms with Crippen LogP contribution in [0.4, 0.5) is 13.2 Å². The number of nitrogens with zero attached hydrogens (tertiary/aromatic N) is 1. The minimum atomic E-state index is -4.20. The molecule has 2 unspecified atom stereocenters. The summed E-state index contributed by atoms with van der Waals surface area (Å²) in [4.78, 5) is 6.90. The third-order valence-corrected chi connectivity index (χ3v) is 5.39. The molecule has 0 aliphatic carbocycles. The second-order valence-electron chi connectivity index (χ2n) is 7.61. The topological polar surface area (TPSA) is 28.7 Å². The first kappa shape index (κ1) is 22.0. The van der Waals surface area contributed by atoms with Gasteiger partial charge in [-0.3, -0.25) is 0 Å². The SMILES string of the molecule is CCCCCCCC(C)(CCCCC)C(Cc1ncc[nH]1)C(F)(F)F. The largest absolute Gasteiger partial charge is 0.392 e. The Kier molecular flexibility index (Phi) is 9.58. The molecule has 2 nitrogen and oxygen atoms in total. The summed E-state index contributed by atoms with van der Waals surface area (Å²) in [5.74, 6) is -0.899. The van der Waals surface area contributed by atoms with Gasteiger partial charge in [-0.05, 0) is 18.3 Å². The molecule has 0 aliphatic heterocycles. The summed E-state index contributed by atoms with van der Waals surface area (Å²) in [6.45, 7) is 6.09. The van der Waals surface area contributed by atoms with E-state index in [9.17, 15) is 13.2 Å². The van der Waals surface area contributed by atoms with Crippen molar-refractivity contribution in [3.8, 4) is 0 Å². The number of alkyl halides is 3. The van der Waals surface area contributed by atoms with Gasteiger partial charge in [0.1, 0.15) is 5.82 Å². The zero-order chi connectivity index (χ0) is 18.8. The second kappa shape index (κ2) is 10.9. The van der Waals surface area contributed by atoms with Gasteiger partial charge in [-0.25, -0.2) is 4.98 Å². The number of aromatic amines is 1. The summed E-state index contributed by atoms with van der Waals surface area (Å²) >= 11 is 0. The predicted molar refractivity (Wildman–Crippen MR) is 97.5 cm³/mol. The van der Waals surface area contributed by atoms with Gasteiger partial charge < -0.3 is 4.98 Å². The monoisotopic (exact) mass is 360 g/mol. The highest BCUT2D eigenvalue weighted by Gasteiger charge is 2.50. The molecule has 0 saturated heterocycles. The van der Waals surface area contributed by atoms with Gasteiger partial charge in [0.15, 0.2) is 0 Å². The molecule has 1 aromatic rings. The van der Waals surface area contributed by atoms with Gasteiger partial charge >= 0.3 is 6.18 Å². The Labute approximate surface area is 151 Å². The first-order valence-electron chi connectivity index (χ1n) is 9.88. The Morgan fingerprint density at radius 1 is 0.960 bits per heavy atom. The van der Waals surface area contributed by atoms with E-state index in [2.05, 4.69) is 23.8 Å². The molecule has 1 aromatic heterocycles. The van der Waals surface area contributed by atoms with Crippen LogP contribution in [0.2, 0.25) is 0 Å². The molecule has 0 radical (unpaired) electrons. The molecular weight excluding hydrogens is 325 g/mol. The quantitative estimate of drug-likeness (QED) is 0.374. The Morgan fingerprint density at radius 3 is 2.04 bits per heavy atom. The highest BCUT2D eigenvalue weighted by atomic mass is 19.4. The zero-order valence-electron chi connectivity index (χ0n) is 16.1. The summed E-state index contributed by atoms with van der Waals surface area (Å²) in [7, 11) is 0. The number of aromatic nitrogens is 2. The number of hydrogen-bond donors (Lipinski definition) is 1. The minimum absolute atomic E-state index is 0.0475. The van der Waals surface area contributed by atoms with E-state index in [-0.39, 0.29) is 6.42 Å². The summed E-state index contributed by atoms with van der Waals surface area (Å²) in [5, 5.41) is 0. The summed E-state index contributed by atoms with van der Waals surface area (Å²) in [5.41, 5.74) is -0.716. The lowest BCUT2D eigenvalue weighted by Gasteiger charge is -2.39. The Balaban J connectivity index is 2.85. The third-order valence-electron chi connectivity index (χ3n) is 5.39. The van der Waals surface area contributed by atoms with Crippen LogP contribution in [-0.2, 0) is 6.42 Å². The first-order valence-corrected chi connectivity index (χ1v) is 9.88. The van der Waals surface area contributed by atoms with E-state index in [0.717, 1.165) is 44.9 Å². The molecule has 0 spiro atoms. The van der Waals surface area contributed by atoms with Crippen molar-refractivity contribution in [1.29, 1.82) is 0 Å². The van der Waals surface area contributed by atoms with Crippen molar-refractivity contribution in [2.45, 2.75) is 97.6 Å². The van der Waals surface area contributed by atoms with E-state index in [1.807, 2.05) is 6.92 Å². The summed E-state index contributed by atoms with van der Waals surface area (Å²) < 4.78 is 41.7. The first-order chi connectivity index (χ1) is 11.8. The van der Waals surface area contributed by atoms with Gasteiger partial charge in [0.05, 0.1) is 5.92 Å². The molecular formula is C20H35F3N2. The predicted octanol–water partition coefficient (Wildman–Crippen LogP) is 7.08. The van der Waals surface area contributed by atoms with Gasteiger partial charge in [-0.2, -0.15) is 13.2 Å². The maximum Gasteiger partial charge on any atom is 0.392 e. The number of hydrogen-bond acceptors (Lipinski definition) is 1. The maximum absolute atomic E-state index is 13.9. The number of rotatable bonds is 13. The van der Waals surface area contributed by atoms with Gasteiger partial charge in [-0.1, -0.05) is 72.1 Å². The molecule has 1 rings (SSSR count). The lowest BCUT2D eigenvalue weighted by Crippen LogP contribution is -2.40.